The van der Waals surface area contributed by atoms with Gasteiger partial charge in [0.1, 0.15) is 5.69 Å². The monoisotopic (exact) mass is 283 g/mol. The molecule has 4 heteroatoms. The van der Waals surface area contributed by atoms with E-state index in [1.54, 1.807) is 10.7 Å². The van der Waals surface area contributed by atoms with E-state index < -0.39 is 0 Å². The highest BCUT2D eigenvalue weighted by molar-refractivity contribution is 5.92. The Kier molecular flexibility index (Phi) is 3.32. The van der Waals surface area contributed by atoms with E-state index in [2.05, 4.69) is 43.2 Å². The molecular weight excluding hydrogens is 262 g/mol. The van der Waals surface area contributed by atoms with Crippen LogP contribution in [0.1, 0.15) is 35.8 Å². The van der Waals surface area contributed by atoms with E-state index in [4.69, 9.17) is 0 Å². The van der Waals surface area contributed by atoms with Gasteiger partial charge in [-0.3, -0.25) is 9.48 Å². The van der Waals surface area contributed by atoms with Gasteiger partial charge in [-0.25, -0.2) is 0 Å². The van der Waals surface area contributed by atoms with E-state index in [-0.39, 0.29) is 11.3 Å². The maximum atomic E-state index is 12.6. The first-order valence-corrected chi connectivity index (χ1v) is 7.31. The molecule has 2 aromatic rings. The van der Waals surface area contributed by atoms with Gasteiger partial charge in [-0.2, -0.15) is 5.10 Å². The number of nitrogens with zero attached hydrogens (tertiary/aromatic N) is 3. The molecule has 1 aromatic heterocycles. The Labute approximate surface area is 125 Å². The zero-order valence-corrected chi connectivity index (χ0v) is 12.8. The van der Waals surface area contributed by atoms with Crippen LogP contribution < -0.4 is 0 Å². The smallest absolute Gasteiger partial charge is 0.274 e. The summed E-state index contributed by atoms with van der Waals surface area (Å²) in [6.07, 6.45) is 1.81. The lowest BCUT2D eigenvalue weighted by Crippen LogP contribution is -2.30. The van der Waals surface area contributed by atoms with Crippen LogP contribution >= 0.6 is 0 Å². The third kappa shape index (κ3) is 2.58. The third-order valence-electron chi connectivity index (χ3n) is 4.37. The predicted octanol–water partition coefficient (Wildman–Crippen LogP) is 2.69. The summed E-state index contributed by atoms with van der Waals surface area (Å²) >= 11 is 0. The summed E-state index contributed by atoms with van der Waals surface area (Å²) in [5.74, 6) is 0.397. The first-order valence-electron chi connectivity index (χ1n) is 7.31. The van der Waals surface area contributed by atoms with Crippen LogP contribution in [0.25, 0.3) is 0 Å². The van der Waals surface area contributed by atoms with Crippen LogP contribution in [0.15, 0.2) is 42.6 Å². The second kappa shape index (κ2) is 5.02. The fourth-order valence-corrected chi connectivity index (χ4v) is 3.22. The van der Waals surface area contributed by atoms with Crippen molar-refractivity contribution in [1.82, 2.24) is 14.7 Å². The molecule has 21 heavy (non-hydrogen) atoms. The zero-order chi connectivity index (χ0) is 15.0. The molecular formula is C17H21N3O. The second-order valence-electron chi connectivity index (χ2n) is 6.51. The normalized spacial score (nSPS) is 20.7. The largest absolute Gasteiger partial charge is 0.336 e. The summed E-state index contributed by atoms with van der Waals surface area (Å²) in [4.78, 5) is 14.5. The number of aryl methyl sites for hydroxylation is 1. The van der Waals surface area contributed by atoms with Gasteiger partial charge < -0.3 is 4.90 Å². The Balaban J connectivity index is 1.83. The number of carbonyl (C=O) groups is 1. The van der Waals surface area contributed by atoms with Crippen LogP contribution in [-0.4, -0.2) is 33.7 Å². The summed E-state index contributed by atoms with van der Waals surface area (Å²) in [5.41, 5.74) is 1.91. The van der Waals surface area contributed by atoms with Crippen molar-refractivity contribution < 1.29 is 4.79 Å². The van der Waals surface area contributed by atoms with Gasteiger partial charge in [0.2, 0.25) is 0 Å². The number of hydrogen-bond donors (Lipinski definition) is 0. The molecule has 0 spiro atoms. The Morgan fingerprint density at radius 2 is 1.95 bits per heavy atom. The number of hydrogen-bond acceptors (Lipinski definition) is 2. The number of benzene rings is 1. The Bertz CT molecular complexity index is 645. The molecule has 0 radical (unpaired) electrons. The molecule has 0 unspecified atom stereocenters. The number of rotatable bonds is 2. The number of aromatic nitrogens is 2. The van der Waals surface area contributed by atoms with Gasteiger partial charge in [-0.05, 0) is 17.0 Å². The molecule has 1 aliphatic rings. The van der Waals surface area contributed by atoms with Crippen LogP contribution in [0.2, 0.25) is 0 Å². The molecule has 0 aliphatic carbocycles. The third-order valence-corrected chi connectivity index (χ3v) is 4.37. The van der Waals surface area contributed by atoms with Crippen molar-refractivity contribution in [2.24, 2.45) is 12.5 Å². The van der Waals surface area contributed by atoms with E-state index in [1.165, 1.54) is 5.56 Å². The summed E-state index contributed by atoms with van der Waals surface area (Å²) < 4.78 is 1.67. The first kappa shape index (κ1) is 13.9. The molecule has 1 atom stereocenters. The van der Waals surface area contributed by atoms with Crippen molar-refractivity contribution in [3.05, 3.63) is 53.9 Å². The summed E-state index contributed by atoms with van der Waals surface area (Å²) in [6.45, 7) is 5.99. The number of likely N-dealkylation sites (tertiary alicyclic amines) is 1. The molecule has 3 rings (SSSR count). The van der Waals surface area contributed by atoms with Crippen molar-refractivity contribution >= 4 is 5.91 Å². The van der Waals surface area contributed by atoms with Gasteiger partial charge in [0.15, 0.2) is 0 Å². The lowest BCUT2D eigenvalue weighted by molar-refractivity contribution is 0.0771. The molecule has 1 aromatic carbocycles. The lowest BCUT2D eigenvalue weighted by atomic mass is 9.78. The Hall–Kier alpha value is -2.10. The first-order chi connectivity index (χ1) is 9.97. The summed E-state index contributed by atoms with van der Waals surface area (Å²) in [6, 6.07) is 12.2. The highest BCUT2D eigenvalue weighted by Crippen LogP contribution is 2.42. The molecule has 1 amide bonds. The van der Waals surface area contributed by atoms with E-state index in [0.29, 0.717) is 11.6 Å². The topological polar surface area (TPSA) is 38.1 Å². The van der Waals surface area contributed by atoms with Crippen LogP contribution in [0.3, 0.4) is 0 Å². The summed E-state index contributed by atoms with van der Waals surface area (Å²) in [7, 11) is 1.83. The van der Waals surface area contributed by atoms with E-state index in [0.717, 1.165) is 13.1 Å². The van der Waals surface area contributed by atoms with Gasteiger partial charge in [0.05, 0.1) is 0 Å². The predicted molar refractivity (Wildman–Crippen MR) is 82.1 cm³/mol. The Morgan fingerprint density at radius 3 is 2.57 bits per heavy atom. The van der Waals surface area contributed by atoms with Gasteiger partial charge >= 0.3 is 0 Å². The second-order valence-corrected chi connectivity index (χ2v) is 6.51. The molecule has 0 saturated carbocycles. The minimum absolute atomic E-state index is 0.0297. The average Bonchev–Trinajstić information content (AvgIpc) is 3.02. The van der Waals surface area contributed by atoms with Crippen LogP contribution in [0, 0.1) is 5.41 Å². The van der Waals surface area contributed by atoms with Crippen LogP contribution in [-0.2, 0) is 7.05 Å². The molecule has 0 bridgehead atoms. The van der Waals surface area contributed by atoms with E-state index >= 15 is 0 Å². The average molecular weight is 283 g/mol. The quantitative estimate of drug-likeness (QED) is 0.850. The van der Waals surface area contributed by atoms with Gasteiger partial charge in [-0.1, -0.05) is 44.2 Å². The highest BCUT2D eigenvalue weighted by Gasteiger charge is 2.42. The summed E-state index contributed by atoms with van der Waals surface area (Å²) in [5, 5.41) is 4.23. The fourth-order valence-electron chi connectivity index (χ4n) is 3.22. The maximum Gasteiger partial charge on any atom is 0.274 e. The van der Waals surface area contributed by atoms with Crippen LogP contribution in [0.4, 0.5) is 0 Å². The maximum absolute atomic E-state index is 12.6. The van der Waals surface area contributed by atoms with Crippen molar-refractivity contribution in [1.29, 1.82) is 0 Å². The van der Waals surface area contributed by atoms with Crippen molar-refractivity contribution in [3.8, 4) is 0 Å². The highest BCUT2D eigenvalue weighted by atomic mass is 16.2. The van der Waals surface area contributed by atoms with Crippen molar-refractivity contribution in [2.45, 2.75) is 19.8 Å². The minimum Gasteiger partial charge on any atom is -0.336 e. The number of amides is 1. The SMILES string of the molecule is Cn1ccc(C(=O)N2C[C@H](c3ccccc3)C(C)(C)C2)n1. The number of carbonyl (C=O) groups excluding carboxylic acids is 1. The fraction of sp³-hybridized carbons (Fsp3) is 0.412. The van der Waals surface area contributed by atoms with Crippen LogP contribution in [0.5, 0.6) is 0 Å². The van der Waals surface area contributed by atoms with Gasteiger partial charge in [-0.15, -0.1) is 0 Å². The Morgan fingerprint density at radius 1 is 1.24 bits per heavy atom. The van der Waals surface area contributed by atoms with Crippen molar-refractivity contribution in [3.63, 3.8) is 0 Å². The van der Waals surface area contributed by atoms with Crippen molar-refractivity contribution in [2.75, 3.05) is 13.1 Å². The van der Waals surface area contributed by atoms with Gasteiger partial charge in [0.25, 0.3) is 5.91 Å². The minimum atomic E-state index is 0.0297. The molecule has 110 valence electrons. The molecule has 0 N–H and O–H groups in total. The molecule has 1 saturated heterocycles. The standard InChI is InChI=1S/C17H21N3O/c1-17(2)12-20(16(21)15-9-10-19(3)18-15)11-14(17)13-7-5-4-6-8-13/h4-10,14H,11-12H2,1-3H3/t14-/m1/s1. The van der Waals surface area contributed by atoms with E-state index in [9.17, 15) is 4.79 Å². The molecule has 2 heterocycles. The lowest BCUT2D eigenvalue weighted by Gasteiger charge is -2.25. The van der Waals surface area contributed by atoms with E-state index in [1.807, 2.05) is 24.2 Å². The zero-order valence-electron chi connectivity index (χ0n) is 12.8. The molecule has 1 aliphatic heterocycles. The van der Waals surface area contributed by atoms with Gasteiger partial charge in [0, 0.05) is 32.3 Å². The molecule has 4 nitrogen and oxygen atoms in total. The molecule has 1 fully saturated rings.